The van der Waals surface area contributed by atoms with Crippen LogP contribution in [0.1, 0.15) is 23.3 Å². The molecule has 2 amide bonds. The monoisotopic (exact) mass is 484 g/mol. The fourth-order valence-electron chi connectivity index (χ4n) is 4.07. The molecule has 3 aromatic rings. The van der Waals surface area contributed by atoms with Crippen molar-refractivity contribution < 1.29 is 9.59 Å². The molecule has 35 heavy (non-hydrogen) atoms. The van der Waals surface area contributed by atoms with Gasteiger partial charge in [-0.2, -0.15) is 0 Å². The Hall–Kier alpha value is -3.97. The van der Waals surface area contributed by atoms with Crippen LogP contribution in [0.2, 0.25) is 0 Å². The number of nitrogens with zero attached hydrogens (tertiary/aromatic N) is 2. The Bertz CT molecular complexity index is 1250. The Labute approximate surface area is 209 Å². The molecule has 6 nitrogen and oxygen atoms in total. The van der Waals surface area contributed by atoms with E-state index in [-0.39, 0.29) is 17.5 Å². The van der Waals surface area contributed by atoms with Gasteiger partial charge >= 0.3 is 0 Å². The second-order valence-corrected chi connectivity index (χ2v) is 9.29. The lowest BCUT2D eigenvalue weighted by atomic mass is 10.1. The van der Waals surface area contributed by atoms with Crippen LogP contribution < -0.4 is 11.1 Å². The second kappa shape index (κ2) is 11.4. The number of hydrogen-bond donors (Lipinski definition) is 2. The second-order valence-electron chi connectivity index (χ2n) is 8.21. The number of aromatic nitrogens is 1. The molecule has 0 radical (unpaired) electrons. The summed E-state index contributed by atoms with van der Waals surface area (Å²) in [6.07, 6.45) is 8.51. The molecule has 1 unspecified atom stereocenters. The van der Waals surface area contributed by atoms with E-state index >= 15 is 0 Å². The van der Waals surface area contributed by atoms with E-state index in [2.05, 4.69) is 24.0 Å². The normalized spacial score (nSPS) is 15.9. The average molecular weight is 485 g/mol. The maximum Gasteiger partial charge on any atom is 0.270 e. The third kappa shape index (κ3) is 5.94. The van der Waals surface area contributed by atoms with Gasteiger partial charge in [-0.1, -0.05) is 85.5 Å². The molecule has 4 rings (SSSR count). The SMILES string of the molecule is C=C/C=C\C=C(/N)C(=O)N1CCCC1C(=O)Nc1nc(-c2ccccc2)c(Cc2ccccc2)s1. The zero-order chi connectivity index (χ0) is 24.6. The van der Waals surface area contributed by atoms with Crippen molar-refractivity contribution in [2.24, 2.45) is 5.73 Å². The molecule has 0 bridgehead atoms. The third-order valence-electron chi connectivity index (χ3n) is 5.77. The smallest absolute Gasteiger partial charge is 0.270 e. The molecule has 3 N–H and O–H groups in total. The standard InChI is InChI=1S/C28H28N4O2S/c1-2-3-6-16-22(29)27(34)32-18-11-17-23(32)26(33)31-28-30-25(21-14-9-5-10-15-21)24(35-28)19-20-12-7-4-8-13-20/h2-10,12-16,23H,1,11,17-19,29H2,(H,30,31,33)/b6-3-,22-16-. The van der Waals surface area contributed by atoms with Crippen molar-refractivity contribution in [3.05, 3.63) is 108 Å². The third-order valence-corrected chi connectivity index (χ3v) is 6.74. The minimum Gasteiger partial charge on any atom is -0.394 e. The van der Waals surface area contributed by atoms with E-state index in [0.717, 1.165) is 22.6 Å². The number of benzene rings is 2. The molecule has 1 fully saturated rings. The van der Waals surface area contributed by atoms with Crippen LogP contribution in [0.25, 0.3) is 11.3 Å². The van der Waals surface area contributed by atoms with Gasteiger partial charge in [0, 0.05) is 23.4 Å². The van der Waals surface area contributed by atoms with Crippen LogP contribution in [0.5, 0.6) is 0 Å². The summed E-state index contributed by atoms with van der Waals surface area (Å²) in [7, 11) is 0. The first-order chi connectivity index (χ1) is 17.1. The van der Waals surface area contributed by atoms with Crippen molar-refractivity contribution >= 4 is 28.3 Å². The topological polar surface area (TPSA) is 88.3 Å². The fraction of sp³-hybridized carbons (Fsp3) is 0.179. The Morgan fingerprint density at radius 3 is 2.54 bits per heavy atom. The summed E-state index contributed by atoms with van der Waals surface area (Å²) in [4.78, 5) is 33.4. The van der Waals surface area contributed by atoms with E-state index in [1.807, 2.05) is 48.5 Å². The predicted molar refractivity (Wildman–Crippen MR) is 142 cm³/mol. The number of hydrogen-bond acceptors (Lipinski definition) is 5. The summed E-state index contributed by atoms with van der Waals surface area (Å²) in [5.74, 6) is -0.588. The van der Waals surface area contributed by atoms with Gasteiger partial charge in [-0.25, -0.2) is 4.98 Å². The minimum atomic E-state index is -0.584. The number of nitrogens with one attached hydrogen (secondary N) is 1. The molecule has 2 heterocycles. The average Bonchev–Trinajstić information content (AvgIpc) is 3.52. The minimum absolute atomic E-state index is 0.0913. The van der Waals surface area contributed by atoms with Crippen molar-refractivity contribution in [2.45, 2.75) is 25.3 Å². The molecule has 1 aromatic heterocycles. The molecule has 1 aliphatic rings. The quantitative estimate of drug-likeness (QED) is 0.351. The van der Waals surface area contributed by atoms with Crippen LogP contribution in [0.3, 0.4) is 0 Å². The van der Waals surface area contributed by atoms with Gasteiger partial charge < -0.3 is 16.0 Å². The molecule has 7 heteroatoms. The van der Waals surface area contributed by atoms with Gasteiger partial charge in [0.2, 0.25) is 5.91 Å². The van der Waals surface area contributed by atoms with Gasteiger partial charge in [0.15, 0.2) is 5.13 Å². The van der Waals surface area contributed by atoms with Crippen molar-refractivity contribution in [3.8, 4) is 11.3 Å². The lowest BCUT2D eigenvalue weighted by Gasteiger charge is -2.23. The number of anilines is 1. The number of rotatable bonds is 8. The van der Waals surface area contributed by atoms with Crippen LogP contribution in [0, 0.1) is 0 Å². The molecule has 0 spiro atoms. The molecule has 1 atom stereocenters. The lowest BCUT2D eigenvalue weighted by molar-refractivity contribution is -0.133. The van der Waals surface area contributed by atoms with E-state index in [1.54, 1.807) is 23.1 Å². The van der Waals surface area contributed by atoms with Crippen molar-refractivity contribution in [1.29, 1.82) is 0 Å². The molecular formula is C28H28N4O2S. The molecule has 178 valence electrons. The van der Waals surface area contributed by atoms with Crippen LogP contribution in [-0.4, -0.2) is 34.3 Å². The highest BCUT2D eigenvalue weighted by Crippen LogP contribution is 2.33. The maximum absolute atomic E-state index is 13.2. The van der Waals surface area contributed by atoms with Crippen LogP contribution >= 0.6 is 11.3 Å². The van der Waals surface area contributed by atoms with Crippen molar-refractivity contribution in [3.63, 3.8) is 0 Å². The Balaban J connectivity index is 1.54. The van der Waals surface area contributed by atoms with Crippen molar-refractivity contribution in [2.75, 3.05) is 11.9 Å². The van der Waals surface area contributed by atoms with Crippen LogP contribution in [-0.2, 0) is 16.0 Å². The van der Waals surface area contributed by atoms with Gasteiger partial charge in [-0.15, -0.1) is 11.3 Å². The zero-order valence-electron chi connectivity index (χ0n) is 19.4. The highest BCUT2D eigenvalue weighted by atomic mass is 32.1. The van der Waals surface area contributed by atoms with Gasteiger partial charge in [-0.3, -0.25) is 9.59 Å². The Morgan fingerprint density at radius 1 is 1.11 bits per heavy atom. The Kier molecular flexibility index (Phi) is 7.90. The van der Waals surface area contributed by atoms with Crippen LogP contribution in [0.15, 0.2) is 97.2 Å². The highest BCUT2D eigenvalue weighted by Gasteiger charge is 2.35. The number of carbonyl (C=O) groups is 2. The summed E-state index contributed by atoms with van der Waals surface area (Å²) >= 11 is 1.46. The van der Waals surface area contributed by atoms with Crippen molar-refractivity contribution in [1.82, 2.24) is 9.88 Å². The van der Waals surface area contributed by atoms with E-state index in [0.29, 0.717) is 24.5 Å². The molecular weight excluding hydrogens is 456 g/mol. The van der Waals surface area contributed by atoms with Crippen LogP contribution in [0.4, 0.5) is 5.13 Å². The number of amides is 2. The first kappa shape index (κ1) is 24.2. The van der Waals surface area contributed by atoms with Gasteiger partial charge in [0.1, 0.15) is 6.04 Å². The van der Waals surface area contributed by atoms with E-state index < -0.39 is 6.04 Å². The summed E-state index contributed by atoms with van der Waals surface area (Å²) in [6, 6.07) is 19.5. The largest absolute Gasteiger partial charge is 0.394 e. The van der Waals surface area contributed by atoms with E-state index in [4.69, 9.17) is 10.7 Å². The predicted octanol–water partition coefficient (Wildman–Crippen LogP) is 4.92. The maximum atomic E-state index is 13.2. The number of allylic oxidation sites excluding steroid dienone is 4. The van der Waals surface area contributed by atoms with Gasteiger partial charge in [0.05, 0.1) is 11.4 Å². The first-order valence-corrected chi connectivity index (χ1v) is 12.3. The van der Waals surface area contributed by atoms with E-state index in [9.17, 15) is 9.59 Å². The zero-order valence-corrected chi connectivity index (χ0v) is 20.2. The molecule has 1 aliphatic heterocycles. The summed E-state index contributed by atoms with van der Waals surface area (Å²) in [5.41, 5.74) is 9.08. The summed E-state index contributed by atoms with van der Waals surface area (Å²) in [6.45, 7) is 4.08. The number of nitrogens with two attached hydrogens (primary N) is 1. The number of carbonyl (C=O) groups excluding carboxylic acids is 2. The number of likely N-dealkylation sites (tertiary alicyclic amines) is 1. The summed E-state index contributed by atoms with van der Waals surface area (Å²) in [5, 5.41) is 3.49. The molecule has 0 aliphatic carbocycles. The van der Waals surface area contributed by atoms with Gasteiger partial charge in [0.25, 0.3) is 5.91 Å². The molecule has 2 aromatic carbocycles. The summed E-state index contributed by atoms with van der Waals surface area (Å²) < 4.78 is 0. The number of thiazole rings is 1. The lowest BCUT2D eigenvalue weighted by Crippen LogP contribution is -2.44. The fourth-order valence-corrected chi connectivity index (χ4v) is 5.09. The highest BCUT2D eigenvalue weighted by molar-refractivity contribution is 7.16. The van der Waals surface area contributed by atoms with Gasteiger partial charge in [-0.05, 0) is 24.5 Å². The Morgan fingerprint density at radius 2 is 1.83 bits per heavy atom. The first-order valence-electron chi connectivity index (χ1n) is 11.5. The van der Waals surface area contributed by atoms with E-state index in [1.165, 1.54) is 23.0 Å². The molecule has 0 saturated carbocycles. The molecule has 1 saturated heterocycles.